The smallest absolute Gasteiger partial charge is 0.263 e. The van der Waals surface area contributed by atoms with E-state index in [0.717, 1.165) is 33.7 Å². The minimum absolute atomic E-state index is 0.0476. The topological polar surface area (TPSA) is 111 Å². The number of nitrogens with one attached hydrogen (secondary N) is 1. The molecule has 27 heavy (non-hydrogen) atoms. The largest absolute Gasteiger partial charge is 0.381 e. The van der Waals surface area contributed by atoms with E-state index < -0.39 is 11.7 Å². The molecule has 0 unspecified atom stereocenters. The maximum atomic E-state index is 13.3. The number of hydrogen-bond donors (Lipinski definition) is 2. The molecule has 0 fully saturated rings. The highest BCUT2D eigenvalue weighted by atomic mass is 19.1. The summed E-state index contributed by atoms with van der Waals surface area (Å²) in [4.78, 5) is 25.1. The van der Waals surface area contributed by atoms with Crippen molar-refractivity contribution < 1.29 is 9.18 Å². The first-order valence-corrected chi connectivity index (χ1v) is 8.01. The van der Waals surface area contributed by atoms with Crippen LogP contribution in [0, 0.1) is 12.7 Å². The number of nitrogens with two attached hydrogens (primary N) is 1. The molecule has 0 aliphatic heterocycles. The number of nitrogen functional groups attached to an aromatic ring is 1. The summed E-state index contributed by atoms with van der Waals surface area (Å²) in [7, 11) is 0. The predicted octanol–water partition coefficient (Wildman–Crippen LogP) is 2.47. The number of hydrogen-bond acceptors (Lipinski definition) is 6. The number of carbonyl (C=O) groups is 1. The molecule has 0 spiro atoms. The van der Waals surface area contributed by atoms with E-state index in [0.29, 0.717) is 5.69 Å². The summed E-state index contributed by atoms with van der Waals surface area (Å²) >= 11 is 0. The van der Waals surface area contributed by atoms with Gasteiger partial charge in [-0.2, -0.15) is 0 Å². The van der Waals surface area contributed by atoms with Crippen molar-refractivity contribution >= 4 is 23.1 Å². The monoisotopic (exact) mass is 363 g/mol. The Morgan fingerprint density at radius 3 is 2.85 bits per heavy atom. The molecule has 0 radical (unpaired) electrons. The predicted molar refractivity (Wildman–Crippen MR) is 97.5 cm³/mol. The van der Waals surface area contributed by atoms with Gasteiger partial charge >= 0.3 is 0 Å². The number of anilines is 2. The summed E-state index contributed by atoms with van der Waals surface area (Å²) in [6.45, 7) is 1.88. The zero-order valence-electron chi connectivity index (χ0n) is 14.2. The van der Waals surface area contributed by atoms with E-state index in [9.17, 15) is 9.18 Å². The van der Waals surface area contributed by atoms with Gasteiger partial charge in [0.25, 0.3) is 5.91 Å². The lowest BCUT2D eigenvalue weighted by molar-refractivity contribution is 0.102. The van der Waals surface area contributed by atoms with Crippen LogP contribution in [0.3, 0.4) is 0 Å². The molecular weight excluding hydrogens is 349 g/mol. The summed E-state index contributed by atoms with van der Waals surface area (Å²) in [5, 5.41) is 6.73. The molecule has 0 atom stereocenters. The van der Waals surface area contributed by atoms with E-state index in [1.807, 2.05) is 19.1 Å². The van der Waals surface area contributed by atoms with E-state index in [1.165, 1.54) is 6.20 Å². The van der Waals surface area contributed by atoms with E-state index in [2.05, 4.69) is 25.4 Å². The zero-order valence-corrected chi connectivity index (χ0v) is 14.2. The van der Waals surface area contributed by atoms with Crippen molar-refractivity contribution in [3.63, 3.8) is 0 Å². The number of carbonyl (C=O) groups excluding carboxylic acids is 1. The molecule has 4 heterocycles. The van der Waals surface area contributed by atoms with E-state index in [-0.39, 0.29) is 17.0 Å². The first kappa shape index (κ1) is 16.6. The van der Waals surface area contributed by atoms with Gasteiger partial charge in [0.1, 0.15) is 5.56 Å². The molecule has 0 aromatic carbocycles. The van der Waals surface area contributed by atoms with Crippen molar-refractivity contribution in [1.29, 1.82) is 0 Å². The lowest BCUT2D eigenvalue weighted by Gasteiger charge is -2.12. The Morgan fingerprint density at radius 1 is 1.19 bits per heavy atom. The third-order valence-electron chi connectivity index (χ3n) is 4.06. The van der Waals surface area contributed by atoms with Gasteiger partial charge in [-0.25, -0.2) is 13.9 Å². The summed E-state index contributed by atoms with van der Waals surface area (Å²) in [5.41, 5.74) is 9.00. The molecule has 4 aromatic rings. The fourth-order valence-corrected chi connectivity index (χ4v) is 2.83. The number of aromatic nitrogens is 5. The van der Waals surface area contributed by atoms with Gasteiger partial charge in [0, 0.05) is 29.2 Å². The molecule has 0 saturated carbocycles. The Bertz CT molecular complexity index is 1170. The van der Waals surface area contributed by atoms with Gasteiger partial charge in [-0.05, 0) is 19.1 Å². The second kappa shape index (κ2) is 6.45. The summed E-state index contributed by atoms with van der Waals surface area (Å²) < 4.78 is 14.5. The van der Waals surface area contributed by atoms with Crippen LogP contribution in [0.1, 0.15) is 16.1 Å². The first-order chi connectivity index (χ1) is 13.0. The van der Waals surface area contributed by atoms with Crippen LogP contribution in [0.5, 0.6) is 0 Å². The van der Waals surface area contributed by atoms with E-state index in [1.54, 1.807) is 18.5 Å². The summed E-state index contributed by atoms with van der Waals surface area (Å²) in [5.74, 6) is -1.15. The van der Waals surface area contributed by atoms with Crippen LogP contribution in [0.15, 0.2) is 49.2 Å². The summed E-state index contributed by atoms with van der Waals surface area (Å²) in [6, 6.07) is 5.50. The van der Waals surface area contributed by atoms with Gasteiger partial charge in [0.15, 0.2) is 17.3 Å². The Morgan fingerprint density at radius 2 is 2.04 bits per heavy atom. The van der Waals surface area contributed by atoms with Crippen LogP contribution in [0.25, 0.3) is 16.8 Å². The molecule has 4 aromatic heterocycles. The maximum absolute atomic E-state index is 13.3. The number of nitrogens with zero attached hydrogens (tertiary/aromatic N) is 5. The van der Waals surface area contributed by atoms with Crippen molar-refractivity contribution in [2.75, 3.05) is 11.1 Å². The highest BCUT2D eigenvalue weighted by molar-refractivity contribution is 6.12. The first-order valence-electron chi connectivity index (χ1n) is 8.01. The van der Waals surface area contributed by atoms with Crippen LogP contribution in [-0.4, -0.2) is 30.5 Å². The van der Waals surface area contributed by atoms with Crippen molar-refractivity contribution in [1.82, 2.24) is 24.6 Å². The molecule has 9 heteroatoms. The highest BCUT2D eigenvalue weighted by Gasteiger charge is 2.21. The van der Waals surface area contributed by atoms with E-state index in [4.69, 9.17) is 5.73 Å². The molecule has 0 aliphatic rings. The lowest BCUT2D eigenvalue weighted by atomic mass is 10.0. The van der Waals surface area contributed by atoms with Gasteiger partial charge in [0.05, 0.1) is 24.3 Å². The van der Waals surface area contributed by atoms with Gasteiger partial charge in [0.2, 0.25) is 0 Å². The molecule has 0 saturated heterocycles. The normalized spacial score (nSPS) is 10.9. The number of halogens is 1. The van der Waals surface area contributed by atoms with Gasteiger partial charge in [-0.1, -0.05) is 6.07 Å². The minimum atomic E-state index is -0.585. The molecule has 0 bridgehead atoms. The van der Waals surface area contributed by atoms with Crippen LogP contribution >= 0.6 is 0 Å². The molecule has 0 aliphatic carbocycles. The molecule has 134 valence electrons. The van der Waals surface area contributed by atoms with Crippen LogP contribution in [0.2, 0.25) is 0 Å². The highest BCUT2D eigenvalue weighted by Crippen LogP contribution is 2.29. The van der Waals surface area contributed by atoms with Crippen molar-refractivity contribution in [3.8, 4) is 11.1 Å². The Kier molecular flexibility index (Phi) is 3.96. The van der Waals surface area contributed by atoms with Crippen molar-refractivity contribution in [2.24, 2.45) is 0 Å². The van der Waals surface area contributed by atoms with Crippen LogP contribution < -0.4 is 11.1 Å². The maximum Gasteiger partial charge on any atom is 0.263 e. The Balaban J connectivity index is 1.75. The quantitative estimate of drug-likeness (QED) is 0.578. The average molecular weight is 363 g/mol. The zero-order chi connectivity index (χ0) is 19.0. The standard InChI is InChI=1S/C18H14FN7O/c1-10-12(3-2-5-22-10)13-4-6-21-8-14(13)24-18(27)15-16(20)25-26-9-11(19)7-23-17(15)26/h2-9H,1H3,(H2,20,25)(H,24,27). The molecular formula is C18H14FN7O. The Labute approximate surface area is 152 Å². The molecule has 4 rings (SSSR count). The van der Waals surface area contributed by atoms with Crippen LogP contribution in [0.4, 0.5) is 15.9 Å². The number of fused-ring (bicyclic) bond motifs is 1. The number of amides is 1. The van der Waals surface area contributed by atoms with Gasteiger partial charge in [-0.3, -0.25) is 14.8 Å². The fraction of sp³-hybridized carbons (Fsp3) is 0.0556. The van der Waals surface area contributed by atoms with E-state index >= 15 is 0 Å². The molecule has 1 amide bonds. The SMILES string of the molecule is Cc1ncccc1-c1ccncc1NC(=O)c1c(N)nn2cc(F)cnc12. The lowest BCUT2D eigenvalue weighted by Crippen LogP contribution is -2.15. The number of rotatable bonds is 3. The second-order valence-corrected chi connectivity index (χ2v) is 5.81. The Hall–Kier alpha value is -3.88. The van der Waals surface area contributed by atoms with Gasteiger partial charge in [-0.15, -0.1) is 5.10 Å². The average Bonchev–Trinajstić information content (AvgIpc) is 2.97. The third-order valence-corrected chi connectivity index (χ3v) is 4.06. The molecule has 8 nitrogen and oxygen atoms in total. The number of pyridine rings is 2. The third kappa shape index (κ3) is 2.95. The van der Waals surface area contributed by atoms with Crippen molar-refractivity contribution in [2.45, 2.75) is 6.92 Å². The fourth-order valence-electron chi connectivity index (χ4n) is 2.83. The van der Waals surface area contributed by atoms with Crippen molar-refractivity contribution in [3.05, 3.63) is 66.3 Å². The van der Waals surface area contributed by atoms with Crippen LogP contribution in [-0.2, 0) is 0 Å². The molecule has 3 N–H and O–H groups in total. The minimum Gasteiger partial charge on any atom is -0.381 e. The number of aryl methyl sites for hydroxylation is 1. The second-order valence-electron chi connectivity index (χ2n) is 5.81. The summed E-state index contributed by atoms with van der Waals surface area (Å²) in [6.07, 6.45) is 6.97. The van der Waals surface area contributed by atoms with Gasteiger partial charge < -0.3 is 11.1 Å².